The highest BCUT2D eigenvalue weighted by molar-refractivity contribution is 5.94. The smallest absolute Gasteiger partial charge is 0.255 e. The minimum atomic E-state index is -0.249. The molecule has 0 unspecified atom stereocenters. The predicted octanol–water partition coefficient (Wildman–Crippen LogP) is 2.61. The lowest BCUT2D eigenvalue weighted by molar-refractivity contribution is 0.0643. The molecule has 3 rings (SSSR count). The Labute approximate surface area is 147 Å². The molecular formula is C19H23FN4O. The normalized spacial score (nSPS) is 15.2. The number of benzene rings is 1. The van der Waals surface area contributed by atoms with Gasteiger partial charge in [-0.25, -0.2) is 4.39 Å². The number of likely N-dealkylation sites (N-methyl/N-ethyl adjacent to an activating group) is 1. The van der Waals surface area contributed by atoms with Gasteiger partial charge in [0.05, 0.1) is 11.3 Å². The van der Waals surface area contributed by atoms with Crippen molar-refractivity contribution < 1.29 is 9.18 Å². The highest BCUT2D eigenvalue weighted by Crippen LogP contribution is 2.14. The van der Waals surface area contributed by atoms with Gasteiger partial charge < -0.3 is 15.1 Å². The molecule has 1 aromatic carbocycles. The maximum Gasteiger partial charge on any atom is 0.255 e. The van der Waals surface area contributed by atoms with E-state index >= 15 is 0 Å². The lowest BCUT2D eigenvalue weighted by Crippen LogP contribution is -2.48. The van der Waals surface area contributed by atoms with Crippen LogP contribution in [0.5, 0.6) is 0 Å². The summed E-state index contributed by atoms with van der Waals surface area (Å²) in [6.07, 6.45) is 3.30. The molecule has 25 heavy (non-hydrogen) atoms. The molecule has 0 atom stereocenters. The van der Waals surface area contributed by atoms with Crippen LogP contribution in [0, 0.1) is 5.82 Å². The van der Waals surface area contributed by atoms with Gasteiger partial charge in [0.1, 0.15) is 5.82 Å². The fourth-order valence-corrected chi connectivity index (χ4v) is 2.91. The van der Waals surface area contributed by atoms with E-state index in [9.17, 15) is 9.18 Å². The van der Waals surface area contributed by atoms with Crippen LogP contribution in [0.2, 0.25) is 0 Å². The Bertz CT molecular complexity index is 712. The first-order chi connectivity index (χ1) is 12.2. The maximum absolute atomic E-state index is 12.9. The van der Waals surface area contributed by atoms with Crippen LogP contribution in [-0.4, -0.2) is 53.4 Å². The predicted molar refractivity (Wildman–Crippen MR) is 96.0 cm³/mol. The minimum absolute atomic E-state index is 0.0219. The Hall–Kier alpha value is -2.47. The summed E-state index contributed by atoms with van der Waals surface area (Å²) in [7, 11) is 0. The van der Waals surface area contributed by atoms with Crippen LogP contribution in [0.25, 0.3) is 0 Å². The van der Waals surface area contributed by atoms with Gasteiger partial charge in [-0.1, -0.05) is 19.1 Å². The zero-order chi connectivity index (χ0) is 17.6. The minimum Gasteiger partial charge on any atom is -0.380 e. The molecule has 1 fully saturated rings. The SMILES string of the molecule is CCN1CCN(C(=O)c2cncc(NCc3ccc(F)cc3)c2)CC1. The summed E-state index contributed by atoms with van der Waals surface area (Å²) < 4.78 is 12.9. The lowest BCUT2D eigenvalue weighted by atomic mass is 10.2. The standard InChI is InChI=1S/C19H23FN4O/c1-2-23-7-9-24(10-8-23)19(25)16-11-18(14-21-13-16)22-12-15-3-5-17(20)6-4-15/h3-6,11,13-14,22H,2,7-10,12H2,1H3. The second kappa shape index (κ2) is 8.07. The van der Waals surface area contributed by atoms with E-state index < -0.39 is 0 Å². The molecule has 1 aromatic heterocycles. The van der Waals surface area contributed by atoms with E-state index in [-0.39, 0.29) is 11.7 Å². The van der Waals surface area contributed by atoms with E-state index in [1.807, 2.05) is 11.0 Å². The molecule has 0 spiro atoms. The van der Waals surface area contributed by atoms with Crippen molar-refractivity contribution in [2.45, 2.75) is 13.5 Å². The van der Waals surface area contributed by atoms with Crippen LogP contribution in [0.1, 0.15) is 22.8 Å². The fourth-order valence-electron chi connectivity index (χ4n) is 2.91. The first-order valence-electron chi connectivity index (χ1n) is 8.60. The van der Waals surface area contributed by atoms with Crippen LogP contribution in [0.4, 0.5) is 10.1 Å². The molecule has 2 heterocycles. The molecule has 0 aliphatic carbocycles. The van der Waals surface area contributed by atoms with E-state index in [4.69, 9.17) is 0 Å². The molecule has 5 nitrogen and oxygen atoms in total. The summed E-state index contributed by atoms with van der Waals surface area (Å²) >= 11 is 0. The first-order valence-corrected chi connectivity index (χ1v) is 8.60. The molecule has 1 saturated heterocycles. The van der Waals surface area contributed by atoms with Gasteiger partial charge in [0, 0.05) is 45.1 Å². The number of nitrogens with one attached hydrogen (secondary N) is 1. The number of nitrogens with zero attached hydrogens (tertiary/aromatic N) is 3. The molecule has 2 aromatic rings. The topological polar surface area (TPSA) is 48.5 Å². The van der Waals surface area contributed by atoms with Crippen LogP contribution in [0.3, 0.4) is 0 Å². The van der Waals surface area contributed by atoms with Crippen molar-refractivity contribution in [3.05, 3.63) is 59.7 Å². The number of hydrogen-bond acceptors (Lipinski definition) is 4. The Morgan fingerprint density at radius 3 is 2.56 bits per heavy atom. The third kappa shape index (κ3) is 4.54. The molecular weight excluding hydrogens is 319 g/mol. The number of anilines is 1. The van der Waals surface area contributed by atoms with E-state index in [0.717, 1.165) is 44.0 Å². The Balaban J connectivity index is 1.61. The summed E-state index contributed by atoms with van der Waals surface area (Å²) in [4.78, 5) is 21.1. The fraction of sp³-hybridized carbons (Fsp3) is 0.368. The van der Waals surface area contributed by atoms with Gasteiger partial charge in [-0.3, -0.25) is 9.78 Å². The number of piperazine rings is 1. The average Bonchev–Trinajstić information content (AvgIpc) is 2.67. The summed E-state index contributed by atoms with van der Waals surface area (Å²) in [5.41, 5.74) is 2.34. The number of pyridine rings is 1. The van der Waals surface area contributed by atoms with E-state index in [1.165, 1.54) is 12.1 Å². The van der Waals surface area contributed by atoms with Crippen molar-refractivity contribution in [1.29, 1.82) is 0 Å². The first kappa shape index (κ1) is 17.4. The molecule has 1 aliphatic heterocycles. The highest BCUT2D eigenvalue weighted by atomic mass is 19.1. The van der Waals surface area contributed by atoms with Crippen molar-refractivity contribution in [3.8, 4) is 0 Å². The maximum atomic E-state index is 12.9. The van der Waals surface area contributed by atoms with E-state index in [2.05, 4.69) is 22.1 Å². The van der Waals surface area contributed by atoms with Gasteiger partial charge >= 0.3 is 0 Å². The number of rotatable bonds is 5. The van der Waals surface area contributed by atoms with Gasteiger partial charge in [0.15, 0.2) is 0 Å². The third-order valence-corrected chi connectivity index (χ3v) is 4.50. The van der Waals surface area contributed by atoms with Gasteiger partial charge in [0.25, 0.3) is 5.91 Å². The van der Waals surface area contributed by atoms with Crippen molar-refractivity contribution in [1.82, 2.24) is 14.8 Å². The number of amides is 1. The second-order valence-corrected chi connectivity index (χ2v) is 6.17. The van der Waals surface area contributed by atoms with Crippen molar-refractivity contribution in [2.75, 3.05) is 38.0 Å². The molecule has 132 valence electrons. The summed E-state index contributed by atoms with van der Waals surface area (Å²) in [5, 5.41) is 3.23. The summed E-state index contributed by atoms with van der Waals surface area (Å²) in [5.74, 6) is -0.227. The Morgan fingerprint density at radius 2 is 1.88 bits per heavy atom. The van der Waals surface area contributed by atoms with Crippen LogP contribution < -0.4 is 5.32 Å². The van der Waals surface area contributed by atoms with Crippen LogP contribution in [-0.2, 0) is 6.54 Å². The van der Waals surface area contributed by atoms with Gasteiger partial charge in [-0.2, -0.15) is 0 Å². The molecule has 0 saturated carbocycles. The molecule has 6 heteroatoms. The monoisotopic (exact) mass is 342 g/mol. The van der Waals surface area contributed by atoms with Crippen LogP contribution >= 0.6 is 0 Å². The van der Waals surface area contributed by atoms with E-state index in [1.54, 1.807) is 24.5 Å². The van der Waals surface area contributed by atoms with Crippen LogP contribution in [0.15, 0.2) is 42.7 Å². The van der Waals surface area contributed by atoms with Crippen molar-refractivity contribution >= 4 is 11.6 Å². The quantitative estimate of drug-likeness (QED) is 0.907. The number of halogens is 1. The molecule has 0 radical (unpaired) electrons. The zero-order valence-corrected chi connectivity index (χ0v) is 14.4. The largest absolute Gasteiger partial charge is 0.380 e. The Kier molecular flexibility index (Phi) is 5.60. The van der Waals surface area contributed by atoms with Crippen molar-refractivity contribution in [3.63, 3.8) is 0 Å². The number of hydrogen-bond donors (Lipinski definition) is 1. The van der Waals surface area contributed by atoms with Crippen molar-refractivity contribution in [2.24, 2.45) is 0 Å². The molecule has 1 amide bonds. The molecule has 1 N–H and O–H groups in total. The van der Waals surface area contributed by atoms with Gasteiger partial charge in [-0.15, -0.1) is 0 Å². The van der Waals surface area contributed by atoms with Gasteiger partial charge in [-0.05, 0) is 30.3 Å². The summed E-state index contributed by atoms with van der Waals surface area (Å²) in [6.45, 7) is 7.04. The number of carbonyl (C=O) groups excluding carboxylic acids is 1. The molecule has 1 aliphatic rings. The number of carbonyl (C=O) groups is 1. The highest BCUT2D eigenvalue weighted by Gasteiger charge is 2.21. The average molecular weight is 342 g/mol. The Morgan fingerprint density at radius 1 is 1.16 bits per heavy atom. The summed E-state index contributed by atoms with van der Waals surface area (Å²) in [6, 6.07) is 8.16. The number of aromatic nitrogens is 1. The van der Waals surface area contributed by atoms with E-state index in [0.29, 0.717) is 12.1 Å². The second-order valence-electron chi connectivity index (χ2n) is 6.17. The lowest BCUT2D eigenvalue weighted by Gasteiger charge is -2.34. The zero-order valence-electron chi connectivity index (χ0n) is 14.4. The molecule has 0 bridgehead atoms. The van der Waals surface area contributed by atoms with Gasteiger partial charge in [0.2, 0.25) is 0 Å². The third-order valence-electron chi connectivity index (χ3n) is 4.50.